The van der Waals surface area contributed by atoms with Crippen LogP contribution in [0.4, 0.5) is 5.69 Å². The van der Waals surface area contributed by atoms with Crippen LogP contribution in [0.15, 0.2) is 18.2 Å². The average Bonchev–Trinajstić information content (AvgIpc) is 2.10. The molecule has 0 spiro atoms. The second kappa shape index (κ2) is 4.86. The Morgan fingerprint density at radius 3 is 2.71 bits per heavy atom. The number of benzene rings is 1. The third-order valence-electron chi connectivity index (χ3n) is 1.97. The average molecular weight is 194 g/mol. The molecule has 0 fully saturated rings. The molecule has 0 aliphatic carbocycles. The second-order valence-corrected chi connectivity index (χ2v) is 3.69. The third kappa shape index (κ3) is 3.26. The Hall–Kier alpha value is -1.22. The van der Waals surface area contributed by atoms with Gasteiger partial charge >= 0.3 is 0 Å². The molecule has 0 saturated carbocycles. The van der Waals surface area contributed by atoms with Crippen LogP contribution >= 0.6 is 0 Å². The van der Waals surface area contributed by atoms with Gasteiger partial charge in [-0.15, -0.1) is 0 Å². The summed E-state index contributed by atoms with van der Waals surface area (Å²) in [7, 11) is 4.03. The largest absolute Gasteiger partial charge is 0.490 e. The van der Waals surface area contributed by atoms with Crippen LogP contribution in [0.2, 0.25) is 0 Å². The first-order valence-corrected chi connectivity index (χ1v) is 4.73. The number of rotatable bonds is 4. The zero-order chi connectivity index (χ0) is 10.6. The van der Waals surface area contributed by atoms with E-state index < -0.39 is 0 Å². The molecule has 14 heavy (non-hydrogen) atoms. The Labute approximate surface area is 85.5 Å². The van der Waals surface area contributed by atoms with Crippen LogP contribution < -0.4 is 10.5 Å². The van der Waals surface area contributed by atoms with Gasteiger partial charge in [0.05, 0.1) is 5.69 Å². The van der Waals surface area contributed by atoms with Gasteiger partial charge in [0.15, 0.2) is 0 Å². The lowest BCUT2D eigenvalue weighted by atomic mass is 10.2. The highest BCUT2D eigenvalue weighted by atomic mass is 16.5. The maximum Gasteiger partial charge on any atom is 0.142 e. The molecular formula is C11H18N2O. The van der Waals surface area contributed by atoms with Gasteiger partial charge in [-0.05, 0) is 38.7 Å². The molecule has 0 heterocycles. The molecule has 1 aromatic rings. The van der Waals surface area contributed by atoms with Crippen molar-refractivity contribution in [2.45, 2.75) is 6.92 Å². The van der Waals surface area contributed by atoms with Gasteiger partial charge in [-0.1, -0.05) is 6.07 Å². The standard InChI is InChI=1S/C11H18N2O/c1-9-4-5-10(12)11(8-9)14-7-6-13(2)3/h4-5,8H,6-7,12H2,1-3H3. The molecule has 2 N–H and O–H groups in total. The van der Waals surface area contributed by atoms with Crippen molar-refractivity contribution >= 4 is 5.69 Å². The molecule has 3 heteroatoms. The fourth-order valence-electron chi connectivity index (χ4n) is 1.10. The minimum absolute atomic E-state index is 0.667. The molecular weight excluding hydrogens is 176 g/mol. The monoisotopic (exact) mass is 194 g/mol. The van der Waals surface area contributed by atoms with Gasteiger partial charge in [0.1, 0.15) is 12.4 Å². The summed E-state index contributed by atoms with van der Waals surface area (Å²) in [5.74, 6) is 0.784. The first-order chi connectivity index (χ1) is 6.59. The van der Waals surface area contributed by atoms with Crippen molar-refractivity contribution in [3.05, 3.63) is 23.8 Å². The molecule has 0 aliphatic rings. The first-order valence-electron chi connectivity index (χ1n) is 4.73. The molecule has 1 rings (SSSR count). The molecule has 0 unspecified atom stereocenters. The van der Waals surface area contributed by atoms with Crippen LogP contribution in [0.5, 0.6) is 5.75 Å². The molecule has 1 aromatic carbocycles. The summed E-state index contributed by atoms with van der Waals surface area (Å²) >= 11 is 0. The molecule has 0 aromatic heterocycles. The summed E-state index contributed by atoms with van der Waals surface area (Å²) in [5, 5.41) is 0. The number of nitrogen functional groups attached to an aromatic ring is 1. The lowest BCUT2D eigenvalue weighted by molar-refractivity contribution is 0.262. The lowest BCUT2D eigenvalue weighted by Gasteiger charge is -2.12. The van der Waals surface area contributed by atoms with Gasteiger partial charge in [0, 0.05) is 6.54 Å². The van der Waals surface area contributed by atoms with E-state index in [9.17, 15) is 0 Å². The van der Waals surface area contributed by atoms with Gasteiger partial charge in [-0.3, -0.25) is 0 Å². The second-order valence-electron chi connectivity index (χ2n) is 3.69. The highest BCUT2D eigenvalue weighted by molar-refractivity contribution is 5.53. The van der Waals surface area contributed by atoms with Crippen molar-refractivity contribution in [2.24, 2.45) is 0 Å². The zero-order valence-corrected chi connectivity index (χ0v) is 9.08. The van der Waals surface area contributed by atoms with Crippen molar-refractivity contribution in [1.29, 1.82) is 0 Å². The Kier molecular flexibility index (Phi) is 3.77. The third-order valence-corrected chi connectivity index (χ3v) is 1.97. The molecule has 3 nitrogen and oxygen atoms in total. The van der Waals surface area contributed by atoms with Crippen LogP contribution in [0.3, 0.4) is 0 Å². The van der Waals surface area contributed by atoms with Gasteiger partial charge in [-0.2, -0.15) is 0 Å². The fraction of sp³-hybridized carbons (Fsp3) is 0.455. The predicted octanol–water partition coefficient (Wildman–Crippen LogP) is 1.52. The molecule has 0 aliphatic heterocycles. The van der Waals surface area contributed by atoms with E-state index in [1.54, 1.807) is 0 Å². The Bertz CT molecular complexity index is 297. The summed E-state index contributed by atoms with van der Waals surface area (Å²) in [6, 6.07) is 5.82. The van der Waals surface area contributed by atoms with E-state index in [2.05, 4.69) is 4.90 Å². The summed E-state index contributed by atoms with van der Waals surface area (Å²) in [6.45, 7) is 3.59. The van der Waals surface area contributed by atoms with Crippen molar-refractivity contribution in [2.75, 3.05) is 33.0 Å². The predicted molar refractivity (Wildman–Crippen MR) is 59.6 cm³/mol. The summed E-state index contributed by atoms with van der Waals surface area (Å²) in [6.07, 6.45) is 0. The van der Waals surface area contributed by atoms with Crippen LogP contribution in [0.1, 0.15) is 5.56 Å². The van der Waals surface area contributed by atoms with Crippen LogP contribution in [-0.4, -0.2) is 32.1 Å². The quantitative estimate of drug-likeness (QED) is 0.738. The minimum atomic E-state index is 0.667. The fourth-order valence-corrected chi connectivity index (χ4v) is 1.10. The zero-order valence-electron chi connectivity index (χ0n) is 9.08. The topological polar surface area (TPSA) is 38.5 Å². The molecule has 78 valence electrons. The van der Waals surface area contributed by atoms with E-state index >= 15 is 0 Å². The summed E-state index contributed by atoms with van der Waals surface area (Å²) in [4.78, 5) is 2.08. The number of anilines is 1. The first kappa shape index (κ1) is 10.9. The highest BCUT2D eigenvalue weighted by Crippen LogP contribution is 2.21. The summed E-state index contributed by atoms with van der Waals surface area (Å²) in [5.41, 5.74) is 7.64. The number of nitrogens with two attached hydrogens (primary N) is 1. The smallest absolute Gasteiger partial charge is 0.142 e. The van der Waals surface area contributed by atoms with Crippen molar-refractivity contribution in [3.63, 3.8) is 0 Å². The number of hydrogen-bond donors (Lipinski definition) is 1. The number of nitrogens with zero attached hydrogens (tertiary/aromatic N) is 1. The minimum Gasteiger partial charge on any atom is -0.490 e. The van der Waals surface area contributed by atoms with E-state index in [4.69, 9.17) is 10.5 Å². The molecule has 0 amide bonds. The van der Waals surface area contributed by atoms with E-state index in [1.165, 1.54) is 5.56 Å². The molecule has 0 radical (unpaired) electrons. The number of aryl methyl sites for hydroxylation is 1. The Morgan fingerprint density at radius 1 is 1.36 bits per heavy atom. The van der Waals surface area contributed by atoms with E-state index in [0.29, 0.717) is 12.3 Å². The van der Waals surface area contributed by atoms with Crippen molar-refractivity contribution < 1.29 is 4.74 Å². The number of likely N-dealkylation sites (N-methyl/N-ethyl adjacent to an activating group) is 1. The Balaban J connectivity index is 2.53. The van der Waals surface area contributed by atoms with Gasteiger partial charge in [0.2, 0.25) is 0 Å². The maximum absolute atomic E-state index is 5.77. The maximum atomic E-state index is 5.77. The van der Waals surface area contributed by atoms with E-state index in [0.717, 1.165) is 12.3 Å². The van der Waals surface area contributed by atoms with Crippen LogP contribution in [0, 0.1) is 6.92 Å². The van der Waals surface area contributed by atoms with Crippen LogP contribution in [0.25, 0.3) is 0 Å². The van der Waals surface area contributed by atoms with Crippen molar-refractivity contribution in [1.82, 2.24) is 4.90 Å². The lowest BCUT2D eigenvalue weighted by Crippen LogP contribution is -2.19. The number of ether oxygens (including phenoxy) is 1. The SMILES string of the molecule is Cc1ccc(N)c(OCCN(C)C)c1. The Morgan fingerprint density at radius 2 is 2.07 bits per heavy atom. The van der Waals surface area contributed by atoms with Gasteiger partial charge in [-0.25, -0.2) is 0 Å². The number of hydrogen-bond acceptors (Lipinski definition) is 3. The van der Waals surface area contributed by atoms with E-state index in [-0.39, 0.29) is 0 Å². The summed E-state index contributed by atoms with van der Waals surface area (Å²) < 4.78 is 5.56. The molecule has 0 atom stereocenters. The molecule has 0 bridgehead atoms. The van der Waals surface area contributed by atoms with Gasteiger partial charge < -0.3 is 15.4 Å². The normalized spacial score (nSPS) is 10.6. The van der Waals surface area contributed by atoms with Crippen molar-refractivity contribution in [3.8, 4) is 5.75 Å². The van der Waals surface area contributed by atoms with Gasteiger partial charge in [0.25, 0.3) is 0 Å². The van der Waals surface area contributed by atoms with E-state index in [1.807, 2.05) is 39.2 Å². The molecule has 0 saturated heterocycles. The van der Waals surface area contributed by atoms with Crippen LogP contribution in [-0.2, 0) is 0 Å². The highest BCUT2D eigenvalue weighted by Gasteiger charge is 2.00.